The number of halogens is 1. The molecule has 4 heterocycles. The topological polar surface area (TPSA) is 102 Å². The average Bonchev–Trinajstić information content (AvgIpc) is 3.73. The van der Waals surface area contributed by atoms with Crippen molar-refractivity contribution in [2.24, 2.45) is 0 Å². The highest BCUT2D eigenvalue weighted by atomic mass is 28.3. The largest absolute Gasteiger partial charge is 0.504 e. The second kappa shape index (κ2) is 12.3. The monoisotopic (exact) mass is 639 g/mol. The summed E-state index contributed by atoms with van der Waals surface area (Å²) in [5.41, 5.74) is 3.28. The van der Waals surface area contributed by atoms with Gasteiger partial charge in [0.25, 0.3) is 0 Å². The number of ether oxygens (including phenoxy) is 3. The van der Waals surface area contributed by atoms with E-state index in [2.05, 4.69) is 39.3 Å². The molecule has 1 amide bonds. The Bertz CT molecular complexity index is 1550. The number of phenolic OH excluding ortho intramolecular Hbond substituents is 1. The highest BCUT2D eigenvalue weighted by molar-refractivity contribution is 6.76. The number of rotatable bonds is 9. The second-order valence-corrected chi connectivity index (χ2v) is 20.6. The summed E-state index contributed by atoms with van der Waals surface area (Å²) in [6, 6.07) is 7.24. The van der Waals surface area contributed by atoms with Crippen LogP contribution in [0.3, 0.4) is 0 Å². The first-order valence-corrected chi connectivity index (χ1v) is 19.8. The molecular formula is C33H46FN5O5Si. The van der Waals surface area contributed by atoms with Crippen LogP contribution in [0.1, 0.15) is 50.8 Å². The number of fused-ring (bicyclic) bond motifs is 3. The third kappa shape index (κ3) is 7.03. The molecule has 0 radical (unpaired) electrons. The molecule has 1 N–H and O–H groups in total. The van der Waals surface area contributed by atoms with E-state index >= 15 is 0 Å². The summed E-state index contributed by atoms with van der Waals surface area (Å²) >= 11 is 0. The van der Waals surface area contributed by atoms with Crippen molar-refractivity contribution in [3.05, 3.63) is 41.3 Å². The zero-order valence-electron chi connectivity index (χ0n) is 27.3. The number of aromatic hydroxyl groups is 1. The Morgan fingerprint density at radius 3 is 2.49 bits per heavy atom. The second-order valence-electron chi connectivity index (χ2n) is 14.9. The van der Waals surface area contributed by atoms with Gasteiger partial charge in [-0.05, 0) is 69.3 Å². The van der Waals surface area contributed by atoms with Gasteiger partial charge in [-0.25, -0.2) is 9.18 Å². The van der Waals surface area contributed by atoms with Gasteiger partial charge in [-0.2, -0.15) is 0 Å². The van der Waals surface area contributed by atoms with Crippen molar-refractivity contribution in [2.75, 3.05) is 32.9 Å². The normalized spacial score (nSPS) is 21.0. The molecule has 3 aliphatic rings. The smallest absolute Gasteiger partial charge is 0.411 e. The minimum Gasteiger partial charge on any atom is -0.504 e. The first-order valence-electron chi connectivity index (χ1n) is 16.0. The predicted octanol–water partition coefficient (Wildman–Crippen LogP) is 5.95. The van der Waals surface area contributed by atoms with E-state index in [0.717, 1.165) is 35.6 Å². The number of carbonyl (C=O) groups is 1. The van der Waals surface area contributed by atoms with E-state index in [9.17, 15) is 14.3 Å². The van der Waals surface area contributed by atoms with Gasteiger partial charge in [-0.3, -0.25) is 9.80 Å². The predicted molar refractivity (Wildman–Crippen MR) is 172 cm³/mol. The third-order valence-electron chi connectivity index (χ3n) is 8.74. The molecule has 1 aliphatic carbocycles. The summed E-state index contributed by atoms with van der Waals surface area (Å²) in [4.78, 5) is 17.5. The Labute approximate surface area is 265 Å². The number of phenols is 1. The number of carbonyl (C=O) groups excluding carboxylic acids is 1. The van der Waals surface area contributed by atoms with Crippen molar-refractivity contribution >= 4 is 25.2 Å². The van der Waals surface area contributed by atoms with Gasteiger partial charge in [0.2, 0.25) is 0 Å². The van der Waals surface area contributed by atoms with Crippen LogP contribution < -0.4 is 0 Å². The van der Waals surface area contributed by atoms with Crippen LogP contribution in [0.15, 0.2) is 24.3 Å². The molecule has 2 atom stereocenters. The minimum absolute atomic E-state index is 0.107. The molecule has 0 spiro atoms. The SMILES string of the molecule is CC(C)(C)OC(=O)N1C2COCC1CN(Cc1c(C3CC3)c3cc(-c4cccc(F)c4O)nnc3n1COCC[Si](C)(C)C)C2. The van der Waals surface area contributed by atoms with Crippen molar-refractivity contribution < 1.29 is 28.5 Å². The maximum absolute atomic E-state index is 14.3. The number of hydrogen-bond donors (Lipinski definition) is 1. The molecule has 2 unspecified atom stereocenters. The molecule has 45 heavy (non-hydrogen) atoms. The number of amides is 1. The van der Waals surface area contributed by atoms with Crippen LogP contribution >= 0.6 is 0 Å². The Morgan fingerprint density at radius 2 is 1.84 bits per heavy atom. The Hall–Kier alpha value is -3.06. The molecule has 12 heteroatoms. The van der Waals surface area contributed by atoms with Crippen molar-refractivity contribution in [2.45, 2.75) is 96.2 Å². The molecule has 1 saturated carbocycles. The number of morpholine rings is 1. The van der Waals surface area contributed by atoms with E-state index in [1.54, 1.807) is 12.1 Å². The first kappa shape index (κ1) is 31.9. The molecule has 2 aliphatic heterocycles. The molecule has 2 bridgehead atoms. The first-order chi connectivity index (χ1) is 21.3. The summed E-state index contributed by atoms with van der Waals surface area (Å²) in [6.07, 6.45) is 1.88. The van der Waals surface area contributed by atoms with E-state index in [1.807, 2.05) is 31.7 Å². The van der Waals surface area contributed by atoms with E-state index in [0.29, 0.717) is 63.4 Å². The third-order valence-corrected chi connectivity index (χ3v) is 10.4. The van der Waals surface area contributed by atoms with Crippen LogP contribution in [-0.4, -0.2) is 94.4 Å². The van der Waals surface area contributed by atoms with Crippen LogP contribution in [0, 0.1) is 5.82 Å². The van der Waals surface area contributed by atoms with Crippen LogP contribution in [-0.2, 0) is 27.5 Å². The highest BCUT2D eigenvalue weighted by Gasteiger charge is 2.43. The molecule has 1 aromatic carbocycles. The number of piperazine rings is 1. The maximum atomic E-state index is 14.3. The van der Waals surface area contributed by atoms with Gasteiger partial charge in [0.1, 0.15) is 12.3 Å². The van der Waals surface area contributed by atoms with Gasteiger partial charge in [0.15, 0.2) is 17.2 Å². The molecule has 10 nitrogen and oxygen atoms in total. The molecule has 3 fully saturated rings. The van der Waals surface area contributed by atoms with Crippen LogP contribution in [0.25, 0.3) is 22.3 Å². The molecule has 3 aromatic rings. The van der Waals surface area contributed by atoms with E-state index < -0.39 is 25.2 Å². The number of hydrogen-bond acceptors (Lipinski definition) is 8. The van der Waals surface area contributed by atoms with E-state index in [4.69, 9.17) is 14.2 Å². The molecular weight excluding hydrogens is 593 g/mol. The number of aromatic nitrogens is 3. The fraction of sp³-hybridized carbons (Fsp3) is 0.606. The summed E-state index contributed by atoms with van der Waals surface area (Å²) in [5, 5.41) is 20.6. The average molecular weight is 640 g/mol. The summed E-state index contributed by atoms with van der Waals surface area (Å²) < 4.78 is 34.4. The fourth-order valence-electron chi connectivity index (χ4n) is 6.44. The van der Waals surface area contributed by atoms with Gasteiger partial charge in [-0.15, -0.1) is 10.2 Å². The fourth-order valence-corrected chi connectivity index (χ4v) is 7.20. The lowest BCUT2D eigenvalue weighted by atomic mass is 10.0. The maximum Gasteiger partial charge on any atom is 0.411 e. The van der Waals surface area contributed by atoms with Gasteiger partial charge >= 0.3 is 6.09 Å². The minimum atomic E-state index is -1.28. The quantitative estimate of drug-likeness (QED) is 0.226. The zero-order chi connectivity index (χ0) is 32.1. The summed E-state index contributed by atoms with van der Waals surface area (Å²) in [7, 11) is -1.28. The van der Waals surface area contributed by atoms with Gasteiger partial charge < -0.3 is 23.9 Å². The van der Waals surface area contributed by atoms with Crippen molar-refractivity contribution in [1.82, 2.24) is 24.6 Å². The van der Waals surface area contributed by atoms with Gasteiger partial charge in [-0.1, -0.05) is 25.7 Å². The standard InChI is InChI=1S/C33H46FN5O5Si/c1-33(2,3)44-32(41)39-22-15-37(16-23(39)19-43-18-22)17-28-29(21-10-11-21)25-14-27(24-8-7-9-26(34)30(24)40)35-36-31(25)38(28)20-42-12-13-45(4,5)6/h7-9,14,21-23,40H,10-13,15-20H2,1-6H3. The lowest BCUT2D eigenvalue weighted by molar-refractivity contribution is -0.0992. The van der Waals surface area contributed by atoms with Crippen LogP contribution in [0.4, 0.5) is 9.18 Å². The Kier molecular flexibility index (Phi) is 8.70. The van der Waals surface area contributed by atoms with E-state index in [1.165, 1.54) is 11.6 Å². The lowest BCUT2D eigenvalue weighted by Crippen LogP contribution is -2.66. The van der Waals surface area contributed by atoms with Crippen molar-refractivity contribution in [1.29, 1.82) is 0 Å². The Balaban J connectivity index is 1.35. The van der Waals surface area contributed by atoms with Crippen molar-refractivity contribution in [3.63, 3.8) is 0 Å². The zero-order valence-corrected chi connectivity index (χ0v) is 28.3. The lowest BCUT2D eigenvalue weighted by Gasteiger charge is -2.49. The van der Waals surface area contributed by atoms with Gasteiger partial charge in [0, 0.05) is 51.0 Å². The van der Waals surface area contributed by atoms with Crippen LogP contribution in [0.2, 0.25) is 25.7 Å². The summed E-state index contributed by atoms with van der Waals surface area (Å²) in [6.45, 7) is 16.6. The molecule has 2 saturated heterocycles. The molecule has 244 valence electrons. The number of benzene rings is 1. The molecule has 2 aromatic heterocycles. The number of nitrogens with zero attached hydrogens (tertiary/aromatic N) is 5. The summed E-state index contributed by atoms with van der Waals surface area (Å²) in [5.74, 6) is -0.731. The van der Waals surface area contributed by atoms with Gasteiger partial charge in [0.05, 0.1) is 31.0 Å². The number of para-hydroxylation sites is 1. The Morgan fingerprint density at radius 1 is 1.13 bits per heavy atom. The van der Waals surface area contributed by atoms with E-state index in [-0.39, 0.29) is 18.2 Å². The van der Waals surface area contributed by atoms with Crippen molar-refractivity contribution in [3.8, 4) is 17.0 Å². The molecule has 6 rings (SSSR count). The van der Waals surface area contributed by atoms with Crippen LogP contribution in [0.5, 0.6) is 5.75 Å². The highest BCUT2D eigenvalue weighted by Crippen LogP contribution is 2.47.